The summed E-state index contributed by atoms with van der Waals surface area (Å²) in [4.78, 5) is 28.6. The molecule has 40 heavy (non-hydrogen) atoms. The summed E-state index contributed by atoms with van der Waals surface area (Å²) in [7, 11) is 2.66. The summed E-state index contributed by atoms with van der Waals surface area (Å²) >= 11 is 0. The number of benzene rings is 4. The van der Waals surface area contributed by atoms with E-state index in [9.17, 15) is 9.59 Å². The van der Waals surface area contributed by atoms with E-state index < -0.39 is 28.7 Å². The van der Waals surface area contributed by atoms with Crippen LogP contribution in [0.5, 0.6) is 0 Å². The molecule has 0 spiro atoms. The number of carbonyl (C=O) groups excluding carboxylic acids is 2. The molecule has 0 amide bonds. The van der Waals surface area contributed by atoms with E-state index in [-0.39, 0.29) is 0 Å². The Balaban J connectivity index is 1.91. The van der Waals surface area contributed by atoms with Crippen LogP contribution in [0.1, 0.15) is 29.2 Å². The maximum Gasteiger partial charge on any atom is 0.325 e. The van der Waals surface area contributed by atoms with Crippen molar-refractivity contribution in [1.29, 1.82) is 0 Å². The zero-order valence-corrected chi connectivity index (χ0v) is 22.9. The van der Waals surface area contributed by atoms with Crippen LogP contribution < -0.4 is 0 Å². The smallest absolute Gasteiger partial charge is 0.325 e. The van der Waals surface area contributed by atoms with E-state index in [1.165, 1.54) is 14.2 Å². The molecule has 1 atom stereocenters. The minimum Gasteiger partial charge on any atom is -0.468 e. The van der Waals surface area contributed by atoms with Gasteiger partial charge in [0.15, 0.2) is 5.41 Å². The fraction of sp³-hybridized carbons (Fsp3) is 0.167. The zero-order valence-electron chi connectivity index (χ0n) is 22.9. The van der Waals surface area contributed by atoms with Crippen molar-refractivity contribution < 1.29 is 19.1 Å². The quantitative estimate of drug-likeness (QED) is 0.147. The normalized spacial score (nSPS) is 16.9. The van der Waals surface area contributed by atoms with Gasteiger partial charge in [-0.1, -0.05) is 139 Å². The van der Waals surface area contributed by atoms with Gasteiger partial charge in [-0.2, -0.15) is 0 Å². The van der Waals surface area contributed by atoms with Gasteiger partial charge in [-0.15, -0.1) is 0 Å². The van der Waals surface area contributed by atoms with E-state index in [1.807, 2.05) is 134 Å². The molecule has 4 nitrogen and oxygen atoms in total. The molecular weight excluding hydrogens is 496 g/mol. The van der Waals surface area contributed by atoms with Crippen molar-refractivity contribution >= 4 is 17.5 Å². The van der Waals surface area contributed by atoms with Crippen LogP contribution in [-0.2, 0) is 24.5 Å². The van der Waals surface area contributed by atoms with Gasteiger partial charge in [0, 0.05) is 5.92 Å². The first-order chi connectivity index (χ1) is 19.5. The molecule has 0 bridgehead atoms. The fourth-order valence-electron chi connectivity index (χ4n) is 6.32. The van der Waals surface area contributed by atoms with Crippen molar-refractivity contribution in [2.45, 2.75) is 12.3 Å². The summed E-state index contributed by atoms with van der Waals surface area (Å²) in [6.45, 7) is 1.98. The molecule has 5 rings (SSSR count). The fourth-order valence-corrected chi connectivity index (χ4v) is 6.32. The van der Waals surface area contributed by atoms with Crippen molar-refractivity contribution in [1.82, 2.24) is 0 Å². The highest BCUT2D eigenvalue weighted by molar-refractivity contribution is 6.06. The first kappa shape index (κ1) is 26.9. The van der Waals surface area contributed by atoms with Crippen LogP contribution in [0, 0.1) is 11.3 Å². The summed E-state index contributed by atoms with van der Waals surface area (Å²) in [5.74, 6) is -1.98. The molecule has 1 aliphatic rings. The molecule has 0 saturated carbocycles. The van der Waals surface area contributed by atoms with Gasteiger partial charge in [0.25, 0.3) is 0 Å². The molecule has 0 saturated heterocycles. The van der Waals surface area contributed by atoms with Crippen molar-refractivity contribution in [3.05, 3.63) is 161 Å². The van der Waals surface area contributed by atoms with E-state index in [0.717, 1.165) is 33.4 Å². The van der Waals surface area contributed by atoms with Gasteiger partial charge < -0.3 is 9.47 Å². The lowest BCUT2D eigenvalue weighted by atomic mass is 9.55. The first-order valence-electron chi connectivity index (χ1n) is 13.3. The molecule has 1 aliphatic carbocycles. The molecule has 4 heteroatoms. The van der Waals surface area contributed by atoms with Crippen LogP contribution in [0.25, 0.3) is 5.57 Å². The Labute approximate surface area is 235 Å². The van der Waals surface area contributed by atoms with Gasteiger partial charge in [-0.05, 0) is 34.8 Å². The third kappa shape index (κ3) is 4.17. The van der Waals surface area contributed by atoms with Crippen LogP contribution in [0.2, 0.25) is 0 Å². The third-order valence-electron chi connectivity index (χ3n) is 8.00. The van der Waals surface area contributed by atoms with Crippen molar-refractivity contribution in [2.75, 3.05) is 14.2 Å². The van der Waals surface area contributed by atoms with E-state index in [2.05, 4.69) is 6.08 Å². The second-order valence-corrected chi connectivity index (χ2v) is 10.0. The van der Waals surface area contributed by atoms with Gasteiger partial charge in [0.2, 0.25) is 0 Å². The molecule has 200 valence electrons. The molecule has 0 radical (unpaired) electrons. The van der Waals surface area contributed by atoms with Crippen molar-refractivity contribution in [2.24, 2.45) is 11.3 Å². The predicted molar refractivity (Wildman–Crippen MR) is 157 cm³/mol. The summed E-state index contributed by atoms with van der Waals surface area (Å²) < 4.78 is 11.1. The van der Waals surface area contributed by atoms with Crippen LogP contribution in [0.15, 0.2) is 139 Å². The summed E-state index contributed by atoms with van der Waals surface area (Å²) in [6, 6.07) is 39.4. The maximum atomic E-state index is 14.3. The van der Waals surface area contributed by atoms with Gasteiger partial charge >= 0.3 is 11.9 Å². The highest BCUT2D eigenvalue weighted by Crippen LogP contribution is 2.61. The number of carbonyl (C=O) groups is 2. The molecular formula is C36H32O4. The Bertz CT molecular complexity index is 1440. The number of rotatable bonds is 7. The Morgan fingerprint density at radius 2 is 1.00 bits per heavy atom. The summed E-state index contributed by atoms with van der Waals surface area (Å²) in [6.07, 6.45) is 4.10. The predicted octanol–water partition coefficient (Wildman–Crippen LogP) is 7.01. The van der Waals surface area contributed by atoms with Crippen LogP contribution in [0.3, 0.4) is 0 Å². The standard InChI is InChI=1S/C36H32O4/c1-26-25-35(29-20-12-6-13-21-29,30-22-14-7-15-23-30)36(33(37)39-2,34(38)40-3)32(26)24-31(27-16-8-4-9-17-27)28-18-10-5-11-19-28/h4-25,32H,1-3H3. The molecule has 1 unspecified atom stereocenters. The van der Waals surface area contributed by atoms with Gasteiger partial charge in [0.1, 0.15) is 0 Å². The molecule has 0 N–H and O–H groups in total. The molecule has 0 heterocycles. The van der Waals surface area contributed by atoms with Crippen LogP contribution in [0.4, 0.5) is 0 Å². The lowest BCUT2D eigenvalue weighted by Crippen LogP contribution is -2.57. The lowest BCUT2D eigenvalue weighted by molar-refractivity contribution is -0.174. The average molecular weight is 529 g/mol. The van der Waals surface area contributed by atoms with Crippen LogP contribution in [-0.4, -0.2) is 26.2 Å². The molecule has 0 aliphatic heterocycles. The average Bonchev–Trinajstić information content (AvgIpc) is 3.30. The SMILES string of the molecule is COC(=O)C1(C(=O)OC)C(C=C(c2ccccc2)c2ccccc2)C(C)=CC1(c1ccccc1)c1ccccc1. The zero-order chi connectivity index (χ0) is 28.2. The first-order valence-corrected chi connectivity index (χ1v) is 13.3. The minimum absolute atomic E-state index is 0.651. The Morgan fingerprint density at radius 1 is 0.625 bits per heavy atom. The monoisotopic (exact) mass is 528 g/mol. The van der Waals surface area contributed by atoms with E-state index in [1.54, 1.807) is 0 Å². The molecule has 4 aromatic rings. The lowest BCUT2D eigenvalue weighted by Gasteiger charge is -2.44. The van der Waals surface area contributed by atoms with E-state index in [0.29, 0.717) is 0 Å². The highest BCUT2D eigenvalue weighted by atomic mass is 16.5. The van der Waals surface area contributed by atoms with E-state index in [4.69, 9.17) is 9.47 Å². The third-order valence-corrected chi connectivity index (χ3v) is 8.00. The maximum absolute atomic E-state index is 14.3. The molecule has 0 aromatic heterocycles. The topological polar surface area (TPSA) is 52.6 Å². The Hall–Kier alpha value is -4.70. The summed E-state index contributed by atoms with van der Waals surface area (Å²) in [5, 5.41) is 0. The highest BCUT2D eigenvalue weighted by Gasteiger charge is 2.71. The van der Waals surface area contributed by atoms with E-state index >= 15 is 0 Å². The van der Waals surface area contributed by atoms with Gasteiger partial charge in [0.05, 0.1) is 19.6 Å². The second-order valence-electron chi connectivity index (χ2n) is 10.0. The number of ether oxygens (including phenoxy) is 2. The second kappa shape index (κ2) is 11.2. The van der Waals surface area contributed by atoms with Crippen molar-refractivity contribution in [3.8, 4) is 0 Å². The molecule has 4 aromatic carbocycles. The molecule has 0 fully saturated rings. The number of esters is 2. The Kier molecular flexibility index (Phi) is 7.52. The number of hydrogen-bond donors (Lipinski definition) is 0. The minimum atomic E-state index is -1.78. The number of methoxy groups -OCH3 is 2. The largest absolute Gasteiger partial charge is 0.468 e. The van der Waals surface area contributed by atoms with Crippen molar-refractivity contribution in [3.63, 3.8) is 0 Å². The number of allylic oxidation sites excluding steroid dienone is 3. The summed E-state index contributed by atoms with van der Waals surface area (Å²) in [5.41, 5.74) is 2.35. The Morgan fingerprint density at radius 3 is 1.38 bits per heavy atom. The van der Waals surface area contributed by atoms with Gasteiger partial charge in [-0.3, -0.25) is 9.59 Å². The number of hydrogen-bond acceptors (Lipinski definition) is 4. The van der Waals surface area contributed by atoms with Gasteiger partial charge in [-0.25, -0.2) is 0 Å². The van der Waals surface area contributed by atoms with Crippen LogP contribution >= 0.6 is 0 Å².